The van der Waals surface area contributed by atoms with E-state index in [2.05, 4.69) is 27.9 Å². The zero-order chi connectivity index (χ0) is 27.7. The number of ether oxygens (including phenoxy) is 2. The minimum atomic E-state index is -1.17. The summed E-state index contributed by atoms with van der Waals surface area (Å²) >= 11 is 2.06. The van der Waals surface area contributed by atoms with Crippen LogP contribution in [0.3, 0.4) is 0 Å². The Morgan fingerprint density at radius 2 is 2.05 bits per heavy atom. The van der Waals surface area contributed by atoms with Crippen LogP contribution in [0, 0.1) is 3.57 Å². The van der Waals surface area contributed by atoms with Crippen LogP contribution in [0.1, 0.15) is 43.7 Å². The number of aliphatic hydroxyl groups is 3. The number of carbonyl (C=O) groups excluding carboxylic acids is 2. The lowest BCUT2D eigenvalue weighted by atomic mass is 9.87. The fourth-order valence-electron chi connectivity index (χ4n) is 4.34. The number of benzene rings is 1. The van der Waals surface area contributed by atoms with Gasteiger partial charge in [-0.05, 0) is 58.9 Å². The number of nitrogens with zero attached hydrogens (tertiary/aromatic N) is 1. The number of methoxy groups -OCH3 is 1. The molecule has 0 saturated heterocycles. The number of amides is 2. The highest BCUT2D eigenvalue weighted by Crippen LogP contribution is 2.37. The number of unbranched alkanes of at least 4 members (excludes halogenated alkanes) is 1. The number of hydrogen-bond acceptors (Lipinski definition) is 8. The predicted molar refractivity (Wildman–Crippen MR) is 147 cm³/mol. The van der Waals surface area contributed by atoms with Gasteiger partial charge in [-0.2, -0.15) is 0 Å². The molecule has 38 heavy (non-hydrogen) atoms. The van der Waals surface area contributed by atoms with Crippen molar-refractivity contribution in [2.45, 2.75) is 64.0 Å². The molecule has 2 amide bonds. The molecule has 0 aliphatic heterocycles. The third-order valence-corrected chi connectivity index (χ3v) is 7.14. The topological polar surface area (TPSA) is 142 Å². The maximum Gasteiger partial charge on any atom is 0.247 e. The zero-order valence-electron chi connectivity index (χ0n) is 21.6. The summed E-state index contributed by atoms with van der Waals surface area (Å²) in [5.74, 6) is 0.155. The summed E-state index contributed by atoms with van der Waals surface area (Å²) in [6.07, 6.45) is 4.39. The van der Waals surface area contributed by atoms with Gasteiger partial charge in [-0.15, -0.1) is 0 Å². The number of furan rings is 1. The Morgan fingerprint density at radius 3 is 2.68 bits per heavy atom. The van der Waals surface area contributed by atoms with Crippen molar-refractivity contribution in [2.24, 2.45) is 0 Å². The summed E-state index contributed by atoms with van der Waals surface area (Å²) in [6, 6.07) is 4.37. The van der Waals surface area contributed by atoms with Gasteiger partial charge in [0.2, 0.25) is 11.8 Å². The van der Waals surface area contributed by atoms with Crippen molar-refractivity contribution in [1.82, 2.24) is 10.2 Å². The van der Waals surface area contributed by atoms with Crippen molar-refractivity contribution < 1.29 is 38.8 Å². The van der Waals surface area contributed by atoms with E-state index in [1.165, 1.54) is 13.4 Å². The summed E-state index contributed by atoms with van der Waals surface area (Å²) in [5, 5.41) is 32.9. The molecule has 1 aliphatic carbocycles. The third-order valence-electron chi connectivity index (χ3n) is 6.34. The fraction of sp³-hybridized carbons (Fsp3) is 0.481. The van der Waals surface area contributed by atoms with E-state index in [1.807, 2.05) is 6.92 Å². The first-order chi connectivity index (χ1) is 18.3. The maximum absolute atomic E-state index is 13.4. The standard InChI is InChI=1S/C27H35IN2O8/c1-3-4-5-24(33)30(14-17-6-9-37-16-17)21-12-19(27(35)29-7-8-31)13-22(25(21)34)38-26-20(28)10-18(15-32)11-23(26)36-2/h6,9-11,13,16,21-22,25,31-32,34H,3-5,7-8,12,14-15H2,1-2H3,(H,29,35)/t21-,22+,25+/m1/s1. The second-order valence-corrected chi connectivity index (χ2v) is 10.2. The van der Waals surface area contributed by atoms with Gasteiger partial charge in [0.05, 0.1) is 42.5 Å². The van der Waals surface area contributed by atoms with Crippen molar-refractivity contribution >= 4 is 34.4 Å². The van der Waals surface area contributed by atoms with Gasteiger partial charge >= 0.3 is 0 Å². The van der Waals surface area contributed by atoms with Crippen LogP contribution in [0.15, 0.2) is 46.8 Å². The molecule has 1 aromatic carbocycles. The lowest BCUT2D eigenvalue weighted by Crippen LogP contribution is -2.54. The summed E-state index contributed by atoms with van der Waals surface area (Å²) < 4.78 is 17.6. The molecule has 4 N–H and O–H groups in total. The van der Waals surface area contributed by atoms with Crippen LogP contribution in [0.5, 0.6) is 11.5 Å². The zero-order valence-corrected chi connectivity index (χ0v) is 23.7. The monoisotopic (exact) mass is 642 g/mol. The Labute approximate surface area is 235 Å². The molecule has 2 aromatic rings. The highest BCUT2D eigenvalue weighted by Gasteiger charge is 2.41. The van der Waals surface area contributed by atoms with Crippen molar-refractivity contribution in [3.05, 3.63) is 57.1 Å². The Balaban J connectivity index is 2.00. The lowest BCUT2D eigenvalue weighted by molar-refractivity contribution is -0.139. The Kier molecular flexibility index (Phi) is 11.4. The first-order valence-electron chi connectivity index (χ1n) is 12.5. The molecule has 0 fully saturated rings. The van der Waals surface area contributed by atoms with Gasteiger partial charge in [-0.3, -0.25) is 9.59 Å². The van der Waals surface area contributed by atoms with Gasteiger partial charge in [-0.25, -0.2) is 0 Å². The van der Waals surface area contributed by atoms with E-state index in [-0.39, 0.29) is 38.6 Å². The quantitative estimate of drug-likeness (QED) is 0.245. The van der Waals surface area contributed by atoms with Gasteiger partial charge < -0.3 is 39.4 Å². The molecule has 1 aliphatic rings. The van der Waals surface area contributed by atoms with Crippen molar-refractivity contribution in [1.29, 1.82) is 0 Å². The molecule has 0 spiro atoms. The van der Waals surface area contributed by atoms with Crippen LogP contribution in [0.4, 0.5) is 0 Å². The van der Waals surface area contributed by atoms with Crippen LogP contribution < -0.4 is 14.8 Å². The van der Waals surface area contributed by atoms with E-state index >= 15 is 0 Å². The van der Waals surface area contributed by atoms with Crippen LogP contribution in [-0.4, -0.2) is 70.5 Å². The highest BCUT2D eigenvalue weighted by molar-refractivity contribution is 14.1. The number of aliphatic hydroxyl groups excluding tert-OH is 3. The first-order valence-corrected chi connectivity index (χ1v) is 13.6. The number of carbonyl (C=O) groups is 2. The van der Waals surface area contributed by atoms with Crippen LogP contribution in [0.2, 0.25) is 0 Å². The van der Waals surface area contributed by atoms with Crippen LogP contribution in [-0.2, 0) is 22.7 Å². The number of halogens is 1. The van der Waals surface area contributed by atoms with Crippen LogP contribution >= 0.6 is 22.6 Å². The summed E-state index contributed by atoms with van der Waals surface area (Å²) in [6.45, 7) is 1.86. The Hall–Kier alpha value is -2.61. The SMILES string of the molecule is CCCCC(=O)N(Cc1ccoc1)[C@@H]1CC(C(=O)NCCO)=C[C@H](Oc2c(I)cc(CO)cc2OC)[C@H]1O. The summed E-state index contributed by atoms with van der Waals surface area (Å²) in [7, 11) is 1.47. The minimum Gasteiger partial charge on any atom is -0.493 e. The lowest BCUT2D eigenvalue weighted by Gasteiger charge is -2.40. The molecule has 208 valence electrons. The molecule has 11 heteroatoms. The van der Waals surface area contributed by atoms with E-state index in [1.54, 1.807) is 35.4 Å². The van der Waals surface area contributed by atoms with Crippen molar-refractivity contribution in [3.63, 3.8) is 0 Å². The van der Waals surface area contributed by atoms with Gasteiger partial charge in [-0.1, -0.05) is 13.3 Å². The minimum absolute atomic E-state index is 0.0669. The normalized spacial score (nSPS) is 19.0. The molecular weight excluding hydrogens is 607 g/mol. The summed E-state index contributed by atoms with van der Waals surface area (Å²) in [4.78, 5) is 27.9. The second-order valence-electron chi connectivity index (χ2n) is 9.04. The molecule has 3 rings (SSSR count). The Morgan fingerprint density at radius 1 is 1.26 bits per heavy atom. The van der Waals surface area contributed by atoms with Gasteiger partial charge in [0.15, 0.2) is 11.5 Å². The maximum atomic E-state index is 13.4. The van der Waals surface area contributed by atoms with Crippen molar-refractivity contribution in [2.75, 3.05) is 20.3 Å². The number of nitrogens with one attached hydrogen (secondary N) is 1. The van der Waals surface area contributed by atoms with E-state index in [9.17, 15) is 24.9 Å². The first kappa shape index (κ1) is 29.9. The molecule has 0 bridgehead atoms. The largest absolute Gasteiger partial charge is 0.493 e. The molecule has 1 heterocycles. The molecule has 0 saturated carbocycles. The molecule has 3 atom stereocenters. The predicted octanol–water partition coefficient (Wildman–Crippen LogP) is 2.52. The molecule has 0 unspecified atom stereocenters. The van der Waals surface area contributed by atoms with Gasteiger partial charge in [0.1, 0.15) is 12.2 Å². The number of rotatable bonds is 13. The highest BCUT2D eigenvalue weighted by atomic mass is 127. The van der Waals surface area contributed by atoms with Crippen LogP contribution in [0.25, 0.3) is 0 Å². The smallest absolute Gasteiger partial charge is 0.247 e. The Bertz CT molecular complexity index is 1100. The molecule has 10 nitrogen and oxygen atoms in total. The van der Waals surface area contributed by atoms with Gasteiger partial charge in [0, 0.05) is 37.1 Å². The van der Waals surface area contributed by atoms with E-state index < -0.39 is 24.2 Å². The van der Waals surface area contributed by atoms with Crippen molar-refractivity contribution in [3.8, 4) is 11.5 Å². The molecule has 0 radical (unpaired) electrons. The average Bonchev–Trinajstić information content (AvgIpc) is 3.44. The molecular formula is C27H35IN2O8. The van der Waals surface area contributed by atoms with E-state index in [4.69, 9.17) is 13.9 Å². The average molecular weight is 642 g/mol. The summed E-state index contributed by atoms with van der Waals surface area (Å²) in [5.41, 5.74) is 1.73. The van der Waals surface area contributed by atoms with E-state index in [0.717, 1.165) is 12.0 Å². The van der Waals surface area contributed by atoms with E-state index in [0.29, 0.717) is 39.0 Å². The molecule has 1 aromatic heterocycles. The third kappa shape index (κ3) is 7.49. The number of hydrogen-bond donors (Lipinski definition) is 4. The van der Waals surface area contributed by atoms with Gasteiger partial charge in [0.25, 0.3) is 0 Å². The second kappa shape index (κ2) is 14.5. The fourth-order valence-corrected chi connectivity index (χ4v) is 5.13.